The highest BCUT2D eigenvalue weighted by Crippen LogP contribution is 2.36. The van der Waals surface area contributed by atoms with Crippen LogP contribution in [0.25, 0.3) is 10.9 Å². The van der Waals surface area contributed by atoms with E-state index in [1.165, 1.54) is 6.07 Å². The van der Waals surface area contributed by atoms with Gasteiger partial charge in [-0.05, 0) is 31.0 Å². The summed E-state index contributed by atoms with van der Waals surface area (Å²) in [5, 5.41) is 3.43. The van der Waals surface area contributed by atoms with Crippen molar-refractivity contribution in [3.8, 4) is 0 Å². The first-order valence-electron chi connectivity index (χ1n) is 8.04. The molecule has 1 unspecified atom stereocenters. The average molecular weight is 318 g/mol. The number of halogens is 1. The second-order valence-electron chi connectivity index (χ2n) is 6.16. The Morgan fingerprint density at radius 3 is 2.91 bits per heavy atom. The number of benzene rings is 1. The predicted octanol–water partition coefficient (Wildman–Crippen LogP) is 2.72. The van der Waals surface area contributed by atoms with E-state index in [0.717, 1.165) is 25.7 Å². The fourth-order valence-electron chi connectivity index (χ4n) is 3.59. The number of ether oxygens (including phenoxy) is 2. The summed E-state index contributed by atoms with van der Waals surface area (Å²) in [7, 11) is 0. The first-order chi connectivity index (χ1) is 11.2. The monoisotopic (exact) mass is 318 g/mol. The van der Waals surface area contributed by atoms with Crippen molar-refractivity contribution < 1.29 is 18.7 Å². The third-order valence-electron chi connectivity index (χ3n) is 4.74. The van der Waals surface area contributed by atoms with Gasteiger partial charge >= 0.3 is 0 Å². The molecule has 1 aromatic carbocycles. The maximum Gasteiger partial charge on any atom is 0.268 e. The molecule has 0 bridgehead atoms. The maximum absolute atomic E-state index is 13.8. The second-order valence-corrected chi connectivity index (χ2v) is 6.16. The van der Waals surface area contributed by atoms with E-state index in [9.17, 15) is 9.18 Å². The Kier molecular flexibility index (Phi) is 3.58. The molecular weight excluding hydrogens is 299 g/mol. The van der Waals surface area contributed by atoms with E-state index in [4.69, 9.17) is 9.47 Å². The van der Waals surface area contributed by atoms with E-state index in [-0.39, 0.29) is 17.8 Å². The van der Waals surface area contributed by atoms with E-state index in [1.54, 1.807) is 18.2 Å². The lowest BCUT2D eigenvalue weighted by Gasteiger charge is -2.39. The minimum atomic E-state index is -0.689. The van der Waals surface area contributed by atoms with Gasteiger partial charge in [0.2, 0.25) is 0 Å². The highest BCUT2D eigenvalue weighted by molar-refractivity contribution is 5.98. The molecule has 0 radical (unpaired) electrons. The summed E-state index contributed by atoms with van der Waals surface area (Å²) in [5.74, 6) is -1.29. The summed E-state index contributed by atoms with van der Waals surface area (Å²) >= 11 is 0. The Bertz CT molecular complexity index is 737. The molecular formula is C17H19FN2O3. The number of hydrogen-bond acceptors (Lipinski definition) is 3. The third-order valence-corrected chi connectivity index (χ3v) is 4.74. The Hall–Kier alpha value is -1.92. The SMILES string of the molecule is O=C(NC1CCCCC12OCCO2)c1cc2c(F)cccc2[nH]1. The van der Waals surface area contributed by atoms with Crippen LogP contribution in [0.3, 0.4) is 0 Å². The van der Waals surface area contributed by atoms with Crippen molar-refractivity contribution in [1.82, 2.24) is 10.3 Å². The van der Waals surface area contributed by atoms with Crippen LogP contribution in [0.2, 0.25) is 0 Å². The first kappa shape index (κ1) is 14.7. The van der Waals surface area contributed by atoms with E-state index >= 15 is 0 Å². The van der Waals surface area contributed by atoms with E-state index in [2.05, 4.69) is 10.3 Å². The van der Waals surface area contributed by atoms with Gasteiger partial charge in [0.25, 0.3) is 5.91 Å². The van der Waals surface area contributed by atoms with Crippen molar-refractivity contribution in [3.05, 3.63) is 35.8 Å². The molecule has 1 aliphatic carbocycles. The van der Waals surface area contributed by atoms with Crippen molar-refractivity contribution in [3.63, 3.8) is 0 Å². The van der Waals surface area contributed by atoms with Gasteiger partial charge in [-0.3, -0.25) is 4.79 Å². The van der Waals surface area contributed by atoms with E-state index in [1.807, 2.05) is 0 Å². The van der Waals surface area contributed by atoms with Crippen molar-refractivity contribution in [1.29, 1.82) is 0 Å². The molecule has 1 amide bonds. The number of amides is 1. The minimum Gasteiger partial charge on any atom is -0.350 e. The van der Waals surface area contributed by atoms with Crippen LogP contribution in [0.5, 0.6) is 0 Å². The molecule has 1 saturated heterocycles. The number of nitrogens with one attached hydrogen (secondary N) is 2. The molecule has 2 aliphatic rings. The summed E-state index contributed by atoms with van der Waals surface area (Å²) in [6.45, 7) is 1.12. The summed E-state index contributed by atoms with van der Waals surface area (Å²) in [4.78, 5) is 15.5. The van der Waals surface area contributed by atoms with Crippen LogP contribution < -0.4 is 5.32 Å². The summed E-state index contributed by atoms with van der Waals surface area (Å²) in [6, 6.07) is 6.12. The van der Waals surface area contributed by atoms with Gasteiger partial charge in [0.05, 0.1) is 19.3 Å². The molecule has 1 atom stereocenters. The number of carbonyl (C=O) groups excluding carboxylic acids is 1. The molecule has 23 heavy (non-hydrogen) atoms. The first-order valence-corrected chi connectivity index (χ1v) is 8.04. The van der Waals surface area contributed by atoms with E-state index in [0.29, 0.717) is 29.8 Å². The number of rotatable bonds is 2. The number of carbonyl (C=O) groups is 1. The molecule has 6 heteroatoms. The van der Waals surface area contributed by atoms with Crippen LogP contribution >= 0.6 is 0 Å². The molecule has 1 spiro atoms. The predicted molar refractivity (Wildman–Crippen MR) is 82.6 cm³/mol. The van der Waals surface area contributed by atoms with Crippen LogP contribution in [0.15, 0.2) is 24.3 Å². The van der Waals surface area contributed by atoms with Crippen molar-refractivity contribution >= 4 is 16.8 Å². The van der Waals surface area contributed by atoms with Gasteiger partial charge in [-0.1, -0.05) is 12.5 Å². The topological polar surface area (TPSA) is 63.4 Å². The van der Waals surface area contributed by atoms with Gasteiger partial charge in [-0.2, -0.15) is 0 Å². The zero-order valence-electron chi connectivity index (χ0n) is 12.7. The van der Waals surface area contributed by atoms with Gasteiger partial charge in [-0.15, -0.1) is 0 Å². The average Bonchev–Trinajstić information content (AvgIpc) is 3.18. The molecule has 1 saturated carbocycles. The van der Waals surface area contributed by atoms with Crippen LogP contribution in [0, 0.1) is 5.82 Å². The van der Waals surface area contributed by atoms with Crippen LogP contribution in [-0.4, -0.2) is 35.9 Å². The van der Waals surface area contributed by atoms with Gasteiger partial charge in [0.1, 0.15) is 11.5 Å². The third kappa shape index (κ3) is 2.52. The Balaban J connectivity index is 1.57. The molecule has 5 nitrogen and oxygen atoms in total. The lowest BCUT2D eigenvalue weighted by atomic mass is 9.89. The Labute approximate surface area is 133 Å². The molecule has 1 aromatic heterocycles. The Morgan fingerprint density at radius 2 is 2.13 bits per heavy atom. The maximum atomic E-state index is 13.8. The lowest BCUT2D eigenvalue weighted by Crippen LogP contribution is -2.55. The molecule has 2 N–H and O–H groups in total. The van der Waals surface area contributed by atoms with Gasteiger partial charge < -0.3 is 19.8 Å². The minimum absolute atomic E-state index is 0.178. The molecule has 2 heterocycles. The van der Waals surface area contributed by atoms with Crippen molar-refractivity contribution in [2.24, 2.45) is 0 Å². The molecule has 1 aliphatic heterocycles. The summed E-state index contributed by atoms with van der Waals surface area (Å²) in [5.41, 5.74) is 0.964. The number of H-pyrrole nitrogens is 1. The van der Waals surface area contributed by atoms with Gasteiger partial charge in [0.15, 0.2) is 5.79 Å². The highest BCUT2D eigenvalue weighted by Gasteiger charge is 2.46. The van der Waals surface area contributed by atoms with Crippen LogP contribution in [-0.2, 0) is 9.47 Å². The molecule has 122 valence electrons. The second kappa shape index (κ2) is 5.62. The molecule has 4 rings (SSSR count). The standard InChI is InChI=1S/C17H19FN2O3/c18-12-4-3-5-13-11(12)10-14(19-13)16(21)20-15-6-1-2-7-17(15)22-8-9-23-17/h3-5,10,15,19H,1-2,6-9H2,(H,20,21). The van der Waals surface area contributed by atoms with Crippen LogP contribution in [0.1, 0.15) is 36.2 Å². The van der Waals surface area contributed by atoms with E-state index < -0.39 is 5.79 Å². The molecule has 2 fully saturated rings. The largest absolute Gasteiger partial charge is 0.350 e. The quantitative estimate of drug-likeness (QED) is 0.895. The number of aromatic nitrogens is 1. The highest BCUT2D eigenvalue weighted by atomic mass is 19.1. The fraction of sp³-hybridized carbons (Fsp3) is 0.471. The number of fused-ring (bicyclic) bond motifs is 1. The smallest absolute Gasteiger partial charge is 0.268 e. The fourth-order valence-corrected chi connectivity index (χ4v) is 3.59. The van der Waals surface area contributed by atoms with Gasteiger partial charge in [-0.25, -0.2) is 4.39 Å². The van der Waals surface area contributed by atoms with Crippen LogP contribution in [0.4, 0.5) is 4.39 Å². The number of aromatic amines is 1. The normalized spacial score (nSPS) is 23.4. The summed E-state index contributed by atoms with van der Waals surface area (Å²) < 4.78 is 25.4. The van der Waals surface area contributed by atoms with Crippen molar-refractivity contribution in [2.75, 3.05) is 13.2 Å². The van der Waals surface area contributed by atoms with Gasteiger partial charge in [0, 0.05) is 17.3 Å². The zero-order chi connectivity index (χ0) is 15.9. The van der Waals surface area contributed by atoms with Crippen molar-refractivity contribution in [2.45, 2.75) is 37.5 Å². The zero-order valence-corrected chi connectivity index (χ0v) is 12.7. The number of hydrogen-bond donors (Lipinski definition) is 2. The Morgan fingerprint density at radius 1 is 1.30 bits per heavy atom. The summed E-state index contributed by atoms with van der Waals surface area (Å²) in [6.07, 6.45) is 3.67. The molecule has 2 aromatic rings. The lowest BCUT2D eigenvalue weighted by molar-refractivity contribution is -0.192.